The molecule has 0 aromatic heterocycles. The minimum atomic E-state index is -0.599. The quantitative estimate of drug-likeness (QED) is 0.854. The lowest BCUT2D eigenvalue weighted by atomic mass is 9.88. The normalized spacial score (nSPS) is 22.7. The van der Waals surface area contributed by atoms with E-state index in [4.69, 9.17) is 4.74 Å². The van der Waals surface area contributed by atoms with Crippen molar-refractivity contribution in [3.05, 3.63) is 59.4 Å². The smallest absolute Gasteiger partial charge is 0.290 e. The van der Waals surface area contributed by atoms with Crippen molar-refractivity contribution in [2.75, 3.05) is 13.2 Å². The van der Waals surface area contributed by atoms with Gasteiger partial charge in [-0.1, -0.05) is 56.3 Å². The number of aliphatic hydroxyl groups is 1. The number of benzene rings is 2. The fourth-order valence-corrected chi connectivity index (χ4v) is 4.22. The molecule has 2 aromatic carbocycles. The van der Waals surface area contributed by atoms with Crippen LogP contribution in [0.25, 0.3) is 10.8 Å². The van der Waals surface area contributed by atoms with Crippen LogP contribution >= 0.6 is 0 Å². The van der Waals surface area contributed by atoms with Crippen molar-refractivity contribution in [3.63, 3.8) is 0 Å². The number of hydrogen-bond donors (Lipinski definition) is 1. The Morgan fingerprint density at radius 3 is 2.68 bits per heavy atom. The number of carbonyl (C=O) groups excluding carboxylic acids is 2. The Morgan fingerprint density at radius 1 is 1.21 bits per heavy atom. The van der Waals surface area contributed by atoms with Crippen LogP contribution in [-0.2, 0) is 14.3 Å². The molecule has 0 saturated carbocycles. The molecule has 2 aliphatic rings. The average Bonchev–Trinajstić information content (AvgIpc) is 3.29. The second-order valence-electron chi connectivity index (χ2n) is 7.84. The summed E-state index contributed by atoms with van der Waals surface area (Å²) >= 11 is 0. The molecular formula is C23H25NO4. The van der Waals surface area contributed by atoms with Crippen LogP contribution in [-0.4, -0.2) is 41.0 Å². The summed E-state index contributed by atoms with van der Waals surface area (Å²) in [5, 5.41) is 12.7. The van der Waals surface area contributed by atoms with E-state index < -0.39 is 17.7 Å². The van der Waals surface area contributed by atoms with E-state index in [2.05, 4.69) is 0 Å². The first kappa shape index (κ1) is 18.7. The van der Waals surface area contributed by atoms with Crippen LogP contribution in [0.4, 0.5) is 0 Å². The summed E-state index contributed by atoms with van der Waals surface area (Å²) in [6, 6.07) is 13.2. The zero-order chi connectivity index (χ0) is 19.8. The van der Waals surface area contributed by atoms with E-state index in [1.165, 1.54) is 0 Å². The lowest BCUT2D eigenvalue weighted by Crippen LogP contribution is -2.37. The number of fused-ring (bicyclic) bond motifs is 1. The van der Waals surface area contributed by atoms with Crippen LogP contribution in [0.1, 0.15) is 38.3 Å². The lowest BCUT2D eigenvalue weighted by molar-refractivity contribution is -0.131. The van der Waals surface area contributed by atoms with E-state index in [9.17, 15) is 14.7 Å². The van der Waals surface area contributed by atoms with Crippen molar-refractivity contribution in [1.29, 1.82) is 0 Å². The molecule has 5 heteroatoms. The number of ether oxygens (including phenoxy) is 1. The van der Waals surface area contributed by atoms with Gasteiger partial charge in [0.1, 0.15) is 0 Å². The molecule has 2 aliphatic heterocycles. The molecular weight excluding hydrogens is 354 g/mol. The van der Waals surface area contributed by atoms with Gasteiger partial charge in [0.15, 0.2) is 11.5 Å². The van der Waals surface area contributed by atoms with Gasteiger partial charge in [-0.25, -0.2) is 0 Å². The summed E-state index contributed by atoms with van der Waals surface area (Å²) in [4.78, 5) is 27.6. The molecule has 0 spiro atoms. The molecule has 1 saturated heterocycles. The number of rotatable bonds is 5. The molecule has 2 heterocycles. The Labute approximate surface area is 164 Å². The Balaban J connectivity index is 1.85. The SMILES string of the molecule is CC(C)C(=O)C1=C(O)C(=O)N(CC2CCCO2)C1c1cccc2ccccc12. The molecule has 4 rings (SSSR count). The first-order chi connectivity index (χ1) is 13.5. The molecule has 0 aliphatic carbocycles. The first-order valence-electron chi connectivity index (χ1n) is 9.86. The predicted molar refractivity (Wildman–Crippen MR) is 107 cm³/mol. The van der Waals surface area contributed by atoms with E-state index >= 15 is 0 Å². The Bertz CT molecular complexity index is 951. The largest absolute Gasteiger partial charge is 0.503 e. The number of aliphatic hydroxyl groups excluding tert-OH is 1. The van der Waals surface area contributed by atoms with Gasteiger partial charge in [-0.2, -0.15) is 0 Å². The van der Waals surface area contributed by atoms with Gasteiger partial charge in [-0.3, -0.25) is 9.59 Å². The highest BCUT2D eigenvalue weighted by Gasteiger charge is 2.45. The molecule has 28 heavy (non-hydrogen) atoms. The van der Waals surface area contributed by atoms with Crippen LogP contribution in [0.15, 0.2) is 53.8 Å². The molecule has 1 amide bonds. The number of carbonyl (C=O) groups is 2. The standard InChI is InChI=1S/C23H25NO4/c1-14(2)21(25)19-20(18-11-5-8-15-7-3-4-10-17(15)18)24(23(27)22(19)26)13-16-9-6-12-28-16/h3-5,7-8,10-11,14,16,20,26H,6,9,12-13H2,1-2H3. The van der Waals surface area contributed by atoms with Gasteiger partial charge in [0.25, 0.3) is 5.91 Å². The summed E-state index contributed by atoms with van der Waals surface area (Å²) in [5.41, 5.74) is 1.06. The monoisotopic (exact) mass is 379 g/mol. The van der Waals surface area contributed by atoms with Crippen molar-refractivity contribution >= 4 is 22.5 Å². The van der Waals surface area contributed by atoms with E-state index in [-0.39, 0.29) is 23.4 Å². The van der Waals surface area contributed by atoms with Crippen molar-refractivity contribution in [2.45, 2.75) is 38.8 Å². The minimum absolute atomic E-state index is 0.0669. The van der Waals surface area contributed by atoms with Gasteiger partial charge in [0.2, 0.25) is 0 Å². The molecule has 0 bridgehead atoms. The van der Waals surface area contributed by atoms with Crippen LogP contribution in [0.3, 0.4) is 0 Å². The topological polar surface area (TPSA) is 66.8 Å². The van der Waals surface area contributed by atoms with Crippen LogP contribution in [0.5, 0.6) is 0 Å². The van der Waals surface area contributed by atoms with E-state index in [1.54, 1.807) is 18.7 Å². The zero-order valence-corrected chi connectivity index (χ0v) is 16.2. The number of nitrogens with zero attached hydrogens (tertiary/aromatic N) is 1. The van der Waals surface area contributed by atoms with Gasteiger partial charge in [0.05, 0.1) is 17.7 Å². The minimum Gasteiger partial charge on any atom is -0.503 e. The molecule has 2 unspecified atom stereocenters. The van der Waals surface area contributed by atoms with Gasteiger partial charge < -0.3 is 14.7 Å². The summed E-state index contributed by atoms with van der Waals surface area (Å²) < 4.78 is 5.73. The third-order valence-electron chi connectivity index (χ3n) is 5.64. The fourth-order valence-electron chi connectivity index (χ4n) is 4.22. The summed E-state index contributed by atoms with van der Waals surface area (Å²) in [6.07, 6.45) is 1.77. The van der Waals surface area contributed by atoms with E-state index in [0.29, 0.717) is 13.2 Å². The number of Topliss-reactive ketones (excluding diaryl/α,β-unsaturated/α-hetero) is 1. The summed E-state index contributed by atoms with van der Waals surface area (Å²) in [5.74, 6) is -1.42. The van der Waals surface area contributed by atoms with Crippen molar-refractivity contribution in [1.82, 2.24) is 4.90 Å². The highest BCUT2D eigenvalue weighted by molar-refractivity contribution is 6.10. The highest BCUT2D eigenvalue weighted by Crippen LogP contribution is 2.41. The molecule has 2 atom stereocenters. The van der Waals surface area contributed by atoms with Crippen LogP contribution in [0, 0.1) is 5.92 Å². The van der Waals surface area contributed by atoms with Crippen molar-refractivity contribution < 1.29 is 19.4 Å². The van der Waals surface area contributed by atoms with Crippen molar-refractivity contribution in [2.24, 2.45) is 5.92 Å². The third kappa shape index (κ3) is 3.10. The number of hydrogen-bond acceptors (Lipinski definition) is 4. The second kappa shape index (κ2) is 7.40. The highest BCUT2D eigenvalue weighted by atomic mass is 16.5. The van der Waals surface area contributed by atoms with E-state index in [1.807, 2.05) is 42.5 Å². The maximum Gasteiger partial charge on any atom is 0.290 e. The first-order valence-corrected chi connectivity index (χ1v) is 9.86. The fraction of sp³-hybridized carbons (Fsp3) is 0.391. The maximum atomic E-state index is 13.0. The predicted octanol–water partition coefficient (Wildman–Crippen LogP) is 3.94. The molecule has 2 aromatic rings. The van der Waals surface area contributed by atoms with E-state index in [0.717, 1.165) is 29.2 Å². The lowest BCUT2D eigenvalue weighted by Gasteiger charge is -2.30. The summed E-state index contributed by atoms with van der Waals surface area (Å²) in [7, 11) is 0. The number of amides is 1. The Kier molecular flexibility index (Phi) is 4.94. The van der Waals surface area contributed by atoms with Gasteiger partial charge >= 0.3 is 0 Å². The zero-order valence-electron chi connectivity index (χ0n) is 16.2. The van der Waals surface area contributed by atoms with Gasteiger partial charge in [0, 0.05) is 19.1 Å². The average molecular weight is 379 g/mol. The Hall–Kier alpha value is -2.66. The van der Waals surface area contributed by atoms with Gasteiger partial charge in [-0.15, -0.1) is 0 Å². The molecule has 1 fully saturated rings. The van der Waals surface area contributed by atoms with Gasteiger partial charge in [-0.05, 0) is 29.2 Å². The molecule has 0 radical (unpaired) electrons. The second-order valence-corrected chi connectivity index (χ2v) is 7.84. The molecule has 1 N–H and O–H groups in total. The van der Waals surface area contributed by atoms with Crippen molar-refractivity contribution in [3.8, 4) is 0 Å². The summed E-state index contributed by atoms with van der Waals surface area (Å²) in [6.45, 7) is 4.63. The number of ketones is 1. The van der Waals surface area contributed by atoms with Crippen LogP contribution < -0.4 is 0 Å². The maximum absolute atomic E-state index is 13.0. The van der Waals surface area contributed by atoms with Crippen LogP contribution in [0.2, 0.25) is 0 Å². The molecule has 146 valence electrons. The molecule has 5 nitrogen and oxygen atoms in total. The Morgan fingerprint density at radius 2 is 1.96 bits per heavy atom. The third-order valence-corrected chi connectivity index (χ3v) is 5.64.